The van der Waals surface area contributed by atoms with E-state index in [9.17, 15) is 0 Å². The van der Waals surface area contributed by atoms with Gasteiger partial charge in [0.15, 0.2) is 0 Å². The maximum Gasteiger partial charge on any atom is 0.0450 e. The Labute approximate surface area is 86.9 Å². The first-order chi connectivity index (χ1) is 6.24. The maximum absolute atomic E-state index is 5.70. The van der Waals surface area contributed by atoms with Gasteiger partial charge in [0, 0.05) is 29.8 Å². The highest BCUT2D eigenvalue weighted by Crippen LogP contribution is 2.35. The van der Waals surface area contributed by atoms with Crippen molar-refractivity contribution in [3.63, 3.8) is 0 Å². The summed E-state index contributed by atoms with van der Waals surface area (Å²) in [6.45, 7) is 0.720. The Morgan fingerprint density at radius 1 is 1.62 bits per heavy atom. The van der Waals surface area contributed by atoms with Crippen LogP contribution in [-0.4, -0.2) is 19.6 Å². The highest BCUT2D eigenvalue weighted by molar-refractivity contribution is 9.10. The molecule has 1 aliphatic rings. The number of nitrogens with two attached hydrogens (primary N) is 1. The molecule has 0 bridgehead atoms. The van der Waals surface area contributed by atoms with Gasteiger partial charge in [0.1, 0.15) is 0 Å². The molecule has 1 atom stereocenters. The van der Waals surface area contributed by atoms with E-state index in [0.29, 0.717) is 6.04 Å². The first-order valence-electron chi connectivity index (χ1n) is 4.44. The molecule has 0 amide bonds. The summed E-state index contributed by atoms with van der Waals surface area (Å²) < 4.78 is 1.20. The molecule has 1 unspecified atom stereocenters. The number of likely N-dealkylation sites (N-methyl/N-ethyl adjacent to an activating group) is 1. The summed E-state index contributed by atoms with van der Waals surface area (Å²) in [6.07, 6.45) is 1.06. The normalized spacial score (nSPS) is 20.5. The quantitative estimate of drug-likeness (QED) is 0.811. The number of fused-ring (bicyclic) bond motifs is 1. The molecule has 3 heteroatoms. The number of benzene rings is 1. The Kier molecular flexibility index (Phi) is 2.30. The van der Waals surface area contributed by atoms with Crippen LogP contribution < -0.4 is 10.6 Å². The fourth-order valence-corrected chi connectivity index (χ4v) is 2.41. The number of hydrogen-bond donors (Lipinski definition) is 1. The van der Waals surface area contributed by atoms with E-state index in [0.717, 1.165) is 13.0 Å². The van der Waals surface area contributed by atoms with Gasteiger partial charge in [-0.1, -0.05) is 22.0 Å². The number of rotatable bonds is 1. The second-order valence-electron chi connectivity index (χ2n) is 3.44. The second-order valence-corrected chi connectivity index (χ2v) is 4.30. The van der Waals surface area contributed by atoms with Gasteiger partial charge in [-0.3, -0.25) is 0 Å². The van der Waals surface area contributed by atoms with E-state index < -0.39 is 0 Å². The average molecular weight is 241 g/mol. The van der Waals surface area contributed by atoms with Crippen molar-refractivity contribution in [2.75, 3.05) is 18.5 Å². The van der Waals surface area contributed by atoms with Gasteiger partial charge < -0.3 is 10.6 Å². The van der Waals surface area contributed by atoms with Crippen LogP contribution in [0.3, 0.4) is 0 Å². The summed E-state index contributed by atoms with van der Waals surface area (Å²) >= 11 is 3.56. The van der Waals surface area contributed by atoms with Gasteiger partial charge in [-0.05, 0) is 24.1 Å². The molecule has 0 fully saturated rings. The molecule has 70 valence electrons. The van der Waals surface area contributed by atoms with Gasteiger partial charge in [0.05, 0.1) is 0 Å². The smallest absolute Gasteiger partial charge is 0.0450 e. The van der Waals surface area contributed by atoms with Crippen molar-refractivity contribution in [2.45, 2.75) is 12.5 Å². The van der Waals surface area contributed by atoms with Gasteiger partial charge in [0.2, 0.25) is 0 Å². The second kappa shape index (κ2) is 3.31. The molecule has 1 heterocycles. The van der Waals surface area contributed by atoms with Crippen molar-refractivity contribution in [3.05, 3.63) is 28.2 Å². The van der Waals surface area contributed by atoms with E-state index in [1.807, 2.05) is 0 Å². The molecular formula is C10H13BrN2. The summed E-state index contributed by atoms with van der Waals surface area (Å²) in [4.78, 5) is 2.26. The predicted octanol–water partition coefficient (Wildman–Crippen LogP) is 1.77. The molecule has 0 saturated carbocycles. The van der Waals surface area contributed by atoms with Crippen LogP contribution in [0.25, 0.3) is 0 Å². The summed E-state index contributed by atoms with van der Waals surface area (Å²) in [5.74, 6) is 0. The van der Waals surface area contributed by atoms with E-state index in [2.05, 4.69) is 46.1 Å². The van der Waals surface area contributed by atoms with Crippen molar-refractivity contribution in [1.29, 1.82) is 0 Å². The molecule has 1 aromatic carbocycles. The largest absolute Gasteiger partial charge is 0.370 e. The van der Waals surface area contributed by atoms with Crippen LogP contribution in [0.2, 0.25) is 0 Å². The molecule has 0 aliphatic carbocycles. The third kappa shape index (κ3) is 1.36. The minimum absolute atomic E-state index is 0.466. The molecular weight excluding hydrogens is 228 g/mol. The first kappa shape index (κ1) is 9.03. The van der Waals surface area contributed by atoms with E-state index in [1.165, 1.54) is 15.7 Å². The lowest BCUT2D eigenvalue weighted by Gasteiger charge is -2.20. The van der Waals surface area contributed by atoms with E-state index in [4.69, 9.17) is 5.73 Å². The van der Waals surface area contributed by atoms with E-state index in [-0.39, 0.29) is 0 Å². The maximum atomic E-state index is 5.70. The zero-order chi connectivity index (χ0) is 9.42. The van der Waals surface area contributed by atoms with E-state index in [1.54, 1.807) is 0 Å². The van der Waals surface area contributed by atoms with Crippen molar-refractivity contribution < 1.29 is 0 Å². The van der Waals surface area contributed by atoms with Crippen molar-refractivity contribution in [2.24, 2.45) is 5.73 Å². The van der Waals surface area contributed by atoms with E-state index >= 15 is 0 Å². The number of halogens is 1. The van der Waals surface area contributed by atoms with Gasteiger partial charge >= 0.3 is 0 Å². The molecule has 0 saturated heterocycles. The fourth-order valence-electron chi connectivity index (χ4n) is 1.89. The topological polar surface area (TPSA) is 29.3 Å². The van der Waals surface area contributed by atoms with Crippen LogP contribution in [0.15, 0.2) is 22.7 Å². The SMILES string of the molecule is CN1c2cccc(Br)c2CC1CN. The number of anilines is 1. The summed E-state index contributed by atoms with van der Waals surface area (Å²) in [5.41, 5.74) is 8.40. The third-order valence-electron chi connectivity index (χ3n) is 2.73. The highest BCUT2D eigenvalue weighted by Gasteiger charge is 2.26. The van der Waals surface area contributed by atoms with Crippen LogP contribution in [-0.2, 0) is 6.42 Å². The van der Waals surface area contributed by atoms with Crippen LogP contribution >= 0.6 is 15.9 Å². The highest BCUT2D eigenvalue weighted by atomic mass is 79.9. The Bertz CT molecular complexity index is 325. The fraction of sp³-hybridized carbons (Fsp3) is 0.400. The molecule has 1 aromatic rings. The molecule has 0 spiro atoms. The Balaban J connectivity index is 2.43. The zero-order valence-corrected chi connectivity index (χ0v) is 9.21. The Hall–Kier alpha value is -0.540. The monoisotopic (exact) mass is 240 g/mol. The lowest BCUT2D eigenvalue weighted by Crippen LogP contribution is -2.34. The Morgan fingerprint density at radius 3 is 3.00 bits per heavy atom. The van der Waals surface area contributed by atoms with Gasteiger partial charge in [0.25, 0.3) is 0 Å². The minimum atomic E-state index is 0.466. The van der Waals surface area contributed by atoms with Gasteiger partial charge in [-0.2, -0.15) is 0 Å². The third-order valence-corrected chi connectivity index (χ3v) is 3.48. The molecule has 2 N–H and O–H groups in total. The van der Waals surface area contributed by atoms with Crippen LogP contribution in [0.1, 0.15) is 5.56 Å². The molecule has 1 aliphatic heterocycles. The van der Waals surface area contributed by atoms with Crippen molar-refractivity contribution in [3.8, 4) is 0 Å². The molecule has 2 nitrogen and oxygen atoms in total. The first-order valence-corrected chi connectivity index (χ1v) is 5.23. The van der Waals surface area contributed by atoms with Crippen LogP contribution in [0, 0.1) is 0 Å². The lowest BCUT2D eigenvalue weighted by atomic mass is 10.1. The molecule has 2 rings (SSSR count). The number of nitrogens with zero attached hydrogens (tertiary/aromatic N) is 1. The lowest BCUT2D eigenvalue weighted by molar-refractivity contribution is 0.674. The molecule has 13 heavy (non-hydrogen) atoms. The van der Waals surface area contributed by atoms with Crippen molar-refractivity contribution in [1.82, 2.24) is 0 Å². The summed E-state index contributed by atoms with van der Waals surface area (Å²) in [7, 11) is 2.11. The number of hydrogen-bond acceptors (Lipinski definition) is 2. The molecule has 0 radical (unpaired) electrons. The van der Waals surface area contributed by atoms with Gasteiger partial charge in [-0.25, -0.2) is 0 Å². The summed E-state index contributed by atoms with van der Waals surface area (Å²) in [5, 5.41) is 0. The van der Waals surface area contributed by atoms with Gasteiger partial charge in [-0.15, -0.1) is 0 Å². The van der Waals surface area contributed by atoms with Crippen LogP contribution in [0.5, 0.6) is 0 Å². The van der Waals surface area contributed by atoms with Crippen molar-refractivity contribution >= 4 is 21.6 Å². The molecule has 0 aromatic heterocycles. The minimum Gasteiger partial charge on any atom is -0.370 e. The summed E-state index contributed by atoms with van der Waals surface area (Å²) in [6, 6.07) is 6.77. The predicted molar refractivity (Wildman–Crippen MR) is 59.1 cm³/mol. The average Bonchev–Trinajstić information content (AvgIpc) is 2.45. The standard InChI is InChI=1S/C10H13BrN2/c1-13-7(6-12)5-8-9(11)3-2-4-10(8)13/h2-4,7H,5-6,12H2,1H3. The van der Waals surface area contributed by atoms with Crippen LogP contribution in [0.4, 0.5) is 5.69 Å². The Morgan fingerprint density at radius 2 is 2.38 bits per heavy atom. The zero-order valence-electron chi connectivity index (χ0n) is 7.63.